The molecule has 0 aromatic heterocycles. The summed E-state index contributed by atoms with van der Waals surface area (Å²) in [7, 11) is 0. The van der Waals surface area contributed by atoms with E-state index in [2.05, 4.69) is 0 Å². The highest BCUT2D eigenvalue weighted by molar-refractivity contribution is 6.48. The summed E-state index contributed by atoms with van der Waals surface area (Å²) in [5.41, 5.74) is 0. The molecule has 0 bridgehead atoms. The van der Waals surface area contributed by atoms with E-state index in [9.17, 15) is 0 Å². The van der Waals surface area contributed by atoms with Gasteiger partial charge in [0.2, 0.25) is 0 Å². The van der Waals surface area contributed by atoms with Crippen LogP contribution in [0.1, 0.15) is 0 Å². The van der Waals surface area contributed by atoms with Crippen molar-refractivity contribution >= 4 is 69.6 Å². The molecule has 0 atom stereocenters. The van der Waals surface area contributed by atoms with Gasteiger partial charge in [0.05, 0.1) is 20.1 Å². The van der Waals surface area contributed by atoms with Crippen LogP contribution < -0.4 is 4.74 Å². The van der Waals surface area contributed by atoms with E-state index in [0.717, 1.165) is 0 Å². The molecule has 1 nitrogen and oxygen atoms in total. The van der Waals surface area contributed by atoms with Crippen LogP contribution in [0.25, 0.3) is 0 Å². The van der Waals surface area contributed by atoms with Gasteiger partial charge >= 0.3 is 0 Å². The number of rotatable bonds is 2. The van der Waals surface area contributed by atoms with Crippen LogP contribution in [0.15, 0.2) is 24.3 Å². The summed E-state index contributed by atoms with van der Waals surface area (Å²) >= 11 is 35.7. The molecule has 0 aliphatic heterocycles. The highest BCUT2D eigenvalue weighted by atomic mass is 35.5. The van der Waals surface area contributed by atoms with Crippen molar-refractivity contribution in [1.82, 2.24) is 0 Å². The Morgan fingerprint density at radius 1 is 0.579 bits per heavy atom. The summed E-state index contributed by atoms with van der Waals surface area (Å²) in [6.07, 6.45) is 0. The first-order valence-corrected chi connectivity index (χ1v) is 7.13. The van der Waals surface area contributed by atoms with E-state index in [1.54, 1.807) is 24.3 Å². The van der Waals surface area contributed by atoms with Crippen LogP contribution in [0.3, 0.4) is 0 Å². The number of hydrogen-bond acceptors (Lipinski definition) is 1. The van der Waals surface area contributed by atoms with Crippen molar-refractivity contribution in [2.45, 2.75) is 0 Å². The fourth-order valence-electron chi connectivity index (χ4n) is 1.30. The van der Waals surface area contributed by atoms with Crippen LogP contribution in [0, 0.1) is 0 Å². The summed E-state index contributed by atoms with van der Waals surface area (Å²) in [5, 5.41) is 1.49. The molecule has 2 aromatic carbocycles. The van der Waals surface area contributed by atoms with Gasteiger partial charge in [0.15, 0.2) is 5.75 Å². The van der Waals surface area contributed by atoms with Gasteiger partial charge in [-0.3, -0.25) is 0 Å². The Labute approximate surface area is 139 Å². The number of halogens is 6. The molecule has 0 spiro atoms. The van der Waals surface area contributed by atoms with Crippen molar-refractivity contribution < 1.29 is 4.74 Å². The molecule has 0 saturated heterocycles. The summed E-state index contributed by atoms with van der Waals surface area (Å²) in [5.74, 6) is 0.484. The molecule has 0 saturated carbocycles. The van der Waals surface area contributed by atoms with Gasteiger partial charge < -0.3 is 4.74 Å². The van der Waals surface area contributed by atoms with Crippen molar-refractivity contribution in [1.29, 1.82) is 0 Å². The van der Waals surface area contributed by atoms with Crippen LogP contribution >= 0.6 is 69.6 Å². The molecule has 100 valence electrons. The Balaban J connectivity index is 2.48. The van der Waals surface area contributed by atoms with E-state index in [1.165, 1.54) is 0 Å². The second kappa shape index (κ2) is 6.17. The number of hydrogen-bond donors (Lipinski definition) is 0. The Hall–Kier alpha value is -0.0200. The first-order chi connectivity index (χ1) is 8.91. The van der Waals surface area contributed by atoms with Crippen molar-refractivity contribution in [2.75, 3.05) is 0 Å². The lowest BCUT2D eigenvalue weighted by molar-refractivity contribution is 0.483. The average Bonchev–Trinajstić information content (AvgIpc) is 2.39. The minimum Gasteiger partial charge on any atom is -0.453 e. The molecule has 0 N–H and O–H groups in total. The zero-order valence-corrected chi connectivity index (χ0v) is 13.5. The molecule has 0 unspecified atom stereocenters. The van der Waals surface area contributed by atoms with E-state index in [0.29, 0.717) is 15.1 Å². The molecule has 0 radical (unpaired) electrons. The van der Waals surface area contributed by atoms with Crippen molar-refractivity contribution in [3.63, 3.8) is 0 Å². The standard InChI is InChI=1S/C12H4Cl6O/c13-5-3-4-8(11(18)9(5)16)19-12-7(15)2-1-6(14)10(12)17/h1-4H. The zero-order chi connectivity index (χ0) is 14.2. The summed E-state index contributed by atoms with van der Waals surface area (Å²) < 4.78 is 5.56. The lowest BCUT2D eigenvalue weighted by atomic mass is 10.3. The van der Waals surface area contributed by atoms with Gasteiger partial charge in [-0.25, -0.2) is 0 Å². The Bertz CT molecular complexity index is 641. The highest BCUT2D eigenvalue weighted by Crippen LogP contribution is 2.44. The van der Waals surface area contributed by atoms with Crippen LogP contribution in [0.4, 0.5) is 0 Å². The van der Waals surface area contributed by atoms with E-state index < -0.39 is 0 Å². The van der Waals surface area contributed by atoms with Gasteiger partial charge in [-0.05, 0) is 24.3 Å². The highest BCUT2D eigenvalue weighted by Gasteiger charge is 2.16. The molecule has 0 aliphatic rings. The van der Waals surface area contributed by atoms with Crippen LogP contribution in [-0.2, 0) is 0 Å². The molecule has 0 heterocycles. The fourth-order valence-corrected chi connectivity index (χ4v) is 2.46. The monoisotopic (exact) mass is 374 g/mol. The smallest absolute Gasteiger partial charge is 0.166 e. The van der Waals surface area contributed by atoms with Gasteiger partial charge in [0.25, 0.3) is 0 Å². The second-order valence-electron chi connectivity index (χ2n) is 3.45. The van der Waals surface area contributed by atoms with Crippen LogP contribution in [0.5, 0.6) is 11.5 Å². The largest absolute Gasteiger partial charge is 0.453 e. The lowest BCUT2D eigenvalue weighted by Gasteiger charge is -2.12. The molecular formula is C12H4Cl6O. The van der Waals surface area contributed by atoms with Gasteiger partial charge in [-0.1, -0.05) is 69.6 Å². The molecule has 2 rings (SSSR count). The van der Waals surface area contributed by atoms with Crippen molar-refractivity contribution in [3.05, 3.63) is 54.4 Å². The third kappa shape index (κ3) is 3.18. The lowest BCUT2D eigenvalue weighted by Crippen LogP contribution is -1.89. The van der Waals surface area contributed by atoms with Crippen molar-refractivity contribution in [3.8, 4) is 11.5 Å². The summed E-state index contributed by atoms with van der Waals surface area (Å²) in [6, 6.07) is 6.24. The topological polar surface area (TPSA) is 9.23 Å². The van der Waals surface area contributed by atoms with Gasteiger partial charge in [0.1, 0.15) is 15.8 Å². The Morgan fingerprint density at radius 3 is 1.79 bits per heavy atom. The predicted molar refractivity (Wildman–Crippen MR) is 83.0 cm³/mol. The van der Waals surface area contributed by atoms with E-state index >= 15 is 0 Å². The zero-order valence-electron chi connectivity index (χ0n) is 8.99. The first kappa shape index (κ1) is 15.4. The third-order valence-electron chi connectivity index (χ3n) is 2.21. The second-order valence-corrected chi connectivity index (χ2v) is 5.80. The number of ether oxygens (including phenoxy) is 1. The van der Waals surface area contributed by atoms with Crippen LogP contribution in [-0.4, -0.2) is 0 Å². The average molecular weight is 377 g/mol. The van der Waals surface area contributed by atoms with E-state index in [1.807, 2.05) is 0 Å². The normalized spacial score (nSPS) is 10.6. The van der Waals surface area contributed by atoms with Gasteiger partial charge in [-0.2, -0.15) is 0 Å². The van der Waals surface area contributed by atoms with Crippen LogP contribution in [0.2, 0.25) is 30.1 Å². The maximum atomic E-state index is 6.03. The molecule has 0 aliphatic carbocycles. The van der Waals surface area contributed by atoms with E-state index in [4.69, 9.17) is 74.3 Å². The first-order valence-electron chi connectivity index (χ1n) is 4.86. The quantitative estimate of drug-likeness (QED) is 0.392. The fraction of sp³-hybridized carbons (Fsp3) is 0. The Kier molecular flexibility index (Phi) is 4.99. The van der Waals surface area contributed by atoms with Crippen molar-refractivity contribution in [2.24, 2.45) is 0 Å². The maximum absolute atomic E-state index is 6.03. The predicted octanol–water partition coefficient (Wildman–Crippen LogP) is 7.40. The number of benzene rings is 2. The summed E-state index contributed by atoms with van der Waals surface area (Å²) in [6.45, 7) is 0. The molecule has 0 fully saturated rings. The van der Waals surface area contributed by atoms with Gasteiger partial charge in [0, 0.05) is 0 Å². The Morgan fingerprint density at radius 2 is 1.11 bits per heavy atom. The SMILES string of the molecule is Clc1ccc(Oc2c(Cl)ccc(Cl)c2Cl)c(Cl)c1Cl. The third-order valence-corrected chi connectivity index (χ3v) is 4.57. The summed E-state index contributed by atoms with van der Waals surface area (Å²) in [4.78, 5) is 0. The minimum absolute atomic E-state index is 0.168. The molecule has 19 heavy (non-hydrogen) atoms. The molecule has 2 aromatic rings. The molecule has 7 heteroatoms. The minimum atomic E-state index is 0.168. The molecule has 0 amide bonds. The maximum Gasteiger partial charge on any atom is 0.166 e. The van der Waals surface area contributed by atoms with Gasteiger partial charge in [-0.15, -0.1) is 0 Å². The molecular weight excluding hydrogens is 373 g/mol. The van der Waals surface area contributed by atoms with E-state index in [-0.39, 0.29) is 26.6 Å².